The number of rotatable bonds is 4. The van der Waals surface area contributed by atoms with Gasteiger partial charge in [-0.25, -0.2) is 4.99 Å². The van der Waals surface area contributed by atoms with Gasteiger partial charge in [-0.2, -0.15) is 0 Å². The molecule has 1 rings (SSSR count). The highest BCUT2D eigenvalue weighted by atomic mass is 33.1. The summed E-state index contributed by atoms with van der Waals surface area (Å²) < 4.78 is 5.70. The highest BCUT2D eigenvalue weighted by Gasteiger charge is 2.06. The van der Waals surface area contributed by atoms with Crippen LogP contribution in [0.2, 0.25) is 0 Å². The van der Waals surface area contributed by atoms with Crippen molar-refractivity contribution >= 4 is 32.5 Å². The lowest BCUT2D eigenvalue weighted by molar-refractivity contribution is 0.237. The van der Waals surface area contributed by atoms with E-state index in [-0.39, 0.29) is 6.10 Å². The Bertz CT molecular complexity index is 377. The Morgan fingerprint density at radius 1 is 1.35 bits per heavy atom. The van der Waals surface area contributed by atoms with Crippen molar-refractivity contribution in [1.82, 2.24) is 0 Å². The molecule has 0 atom stereocenters. The van der Waals surface area contributed by atoms with Crippen molar-refractivity contribution in [3.8, 4) is 0 Å². The lowest BCUT2D eigenvalue weighted by Gasteiger charge is -2.11. The van der Waals surface area contributed by atoms with Crippen LogP contribution in [-0.4, -0.2) is 17.1 Å². The molecule has 0 fully saturated rings. The van der Waals surface area contributed by atoms with Gasteiger partial charge in [-0.1, -0.05) is 35.9 Å². The van der Waals surface area contributed by atoms with Crippen LogP contribution in [-0.2, 0) is 4.74 Å². The summed E-state index contributed by atoms with van der Waals surface area (Å²) in [5.41, 5.74) is 2.15. The maximum Gasteiger partial charge on any atom is 0.262 e. The first kappa shape index (κ1) is 14.5. The zero-order chi connectivity index (χ0) is 12.7. The Labute approximate surface area is 112 Å². The molecule has 1 aromatic carbocycles. The molecule has 4 heteroatoms. The minimum absolute atomic E-state index is 0.155. The maximum atomic E-state index is 5.70. The fourth-order valence-electron chi connectivity index (χ4n) is 1.16. The average Bonchev–Trinajstić information content (AvgIpc) is 2.28. The highest BCUT2D eigenvalue weighted by molar-refractivity contribution is 8.82. The van der Waals surface area contributed by atoms with E-state index in [0.29, 0.717) is 0 Å². The number of aliphatic imine (C=N–C) groups is 1. The van der Waals surface area contributed by atoms with E-state index in [2.05, 4.69) is 24.9 Å². The molecular formula is C13H19NOS2. The quantitative estimate of drug-likeness (QED) is 0.445. The fourth-order valence-corrected chi connectivity index (χ4v) is 2.63. The highest BCUT2D eigenvalue weighted by Crippen LogP contribution is 2.27. The first-order chi connectivity index (χ1) is 8.13. The molecule has 0 aliphatic heterocycles. The molecule has 1 aromatic rings. The van der Waals surface area contributed by atoms with Crippen LogP contribution in [0.1, 0.15) is 26.3 Å². The maximum absolute atomic E-state index is 5.70. The Kier molecular flexibility index (Phi) is 6.52. The van der Waals surface area contributed by atoms with Gasteiger partial charge < -0.3 is 4.74 Å². The van der Waals surface area contributed by atoms with Crippen LogP contribution in [0.5, 0.6) is 0 Å². The van der Waals surface area contributed by atoms with Crippen molar-refractivity contribution in [2.24, 2.45) is 4.99 Å². The molecule has 0 aliphatic rings. The normalized spacial score (nSPS) is 11.9. The topological polar surface area (TPSA) is 21.6 Å². The van der Waals surface area contributed by atoms with E-state index in [1.54, 1.807) is 21.6 Å². The Morgan fingerprint density at radius 3 is 2.65 bits per heavy atom. The summed E-state index contributed by atoms with van der Waals surface area (Å²) in [5.74, 6) is 1.04. The monoisotopic (exact) mass is 269 g/mol. The van der Waals surface area contributed by atoms with Gasteiger partial charge in [0.2, 0.25) is 0 Å². The number of aryl methyl sites for hydroxylation is 1. The average molecular weight is 269 g/mol. The molecule has 0 amide bonds. The SMILES string of the molecule is CCSSC(=Nc1ccccc1C)OC(C)C. The third-order valence-corrected chi connectivity index (χ3v) is 4.08. The molecule has 0 unspecified atom stereocenters. The predicted molar refractivity (Wildman–Crippen MR) is 80.2 cm³/mol. The zero-order valence-corrected chi connectivity index (χ0v) is 12.4. The number of hydrogen-bond acceptors (Lipinski definition) is 4. The molecule has 0 aromatic heterocycles. The second-order valence-corrected chi connectivity index (χ2v) is 6.36. The van der Waals surface area contributed by atoms with E-state index in [0.717, 1.165) is 16.7 Å². The van der Waals surface area contributed by atoms with Gasteiger partial charge in [0, 0.05) is 16.5 Å². The first-order valence-electron chi connectivity index (χ1n) is 5.74. The first-order valence-corrected chi connectivity index (χ1v) is 8.05. The van der Waals surface area contributed by atoms with Crippen molar-refractivity contribution in [1.29, 1.82) is 0 Å². The Morgan fingerprint density at radius 2 is 2.06 bits per heavy atom. The minimum Gasteiger partial charge on any atom is -0.470 e. The summed E-state index contributed by atoms with van der Waals surface area (Å²) in [5, 5.41) is 0.737. The summed E-state index contributed by atoms with van der Waals surface area (Å²) in [6, 6.07) is 8.08. The number of benzene rings is 1. The van der Waals surface area contributed by atoms with Gasteiger partial charge >= 0.3 is 0 Å². The number of ether oxygens (including phenoxy) is 1. The van der Waals surface area contributed by atoms with Gasteiger partial charge in [0.1, 0.15) is 0 Å². The van der Waals surface area contributed by atoms with E-state index in [4.69, 9.17) is 4.74 Å². The summed E-state index contributed by atoms with van der Waals surface area (Å²) in [7, 11) is 3.34. The zero-order valence-electron chi connectivity index (χ0n) is 10.8. The second-order valence-electron chi connectivity index (χ2n) is 3.82. The van der Waals surface area contributed by atoms with E-state index in [1.165, 1.54) is 5.56 Å². The molecule has 17 heavy (non-hydrogen) atoms. The van der Waals surface area contributed by atoms with Crippen molar-refractivity contribution in [3.05, 3.63) is 29.8 Å². The van der Waals surface area contributed by atoms with Gasteiger partial charge in [0.05, 0.1) is 11.8 Å². The predicted octanol–water partition coefficient (Wildman–Crippen LogP) is 4.81. The van der Waals surface area contributed by atoms with Crippen LogP contribution in [0.15, 0.2) is 29.3 Å². The van der Waals surface area contributed by atoms with Crippen LogP contribution in [0.25, 0.3) is 0 Å². The number of nitrogens with zero attached hydrogens (tertiary/aromatic N) is 1. The Hall–Kier alpha value is -0.610. The Balaban J connectivity index is 2.84. The third-order valence-electron chi connectivity index (χ3n) is 1.91. The van der Waals surface area contributed by atoms with E-state index < -0.39 is 0 Å². The molecule has 94 valence electrons. The van der Waals surface area contributed by atoms with E-state index >= 15 is 0 Å². The number of hydrogen-bond donors (Lipinski definition) is 0. The van der Waals surface area contributed by atoms with Gasteiger partial charge in [-0.15, -0.1) is 0 Å². The minimum atomic E-state index is 0.155. The van der Waals surface area contributed by atoms with Crippen LogP contribution in [0.3, 0.4) is 0 Å². The van der Waals surface area contributed by atoms with E-state index in [1.807, 2.05) is 32.0 Å². The molecule has 0 heterocycles. The number of para-hydroxylation sites is 1. The van der Waals surface area contributed by atoms with Gasteiger partial charge in [0.25, 0.3) is 5.23 Å². The van der Waals surface area contributed by atoms with Crippen LogP contribution >= 0.6 is 21.6 Å². The summed E-state index contributed by atoms with van der Waals surface area (Å²) >= 11 is 0. The largest absolute Gasteiger partial charge is 0.470 e. The third kappa shape index (κ3) is 5.50. The molecule has 0 bridgehead atoms. The standard InChI is InChI=1S/C13H19NOS2/c1-5-16-17-13(15-10(2)3)14-12-9-7-6-8-11(12)4/h6-10H,5H2,1-4H3. The smallest absolute Gasteiger partial charge is 0.262 e. The van der Waals surface area contributed by atoms with Crippen molar-refractivity contribution in [2.45, 2.75) is 33.8 Å². The lowest BCUT2D eigenvalue weighted by atomic mass is 10.2. The van der Waals surface area contributed by atoms with Gasteiger partial charge in [-0.05, 0) is 32.4 Å². The molecule has 0 radical (unpaired) electrons. The van der Waals surface area contributed by atoms with Gasteiger partial charge in [0.15, 0.2) is 0 Å². The summed E-state index contributed by atoms with van der Waals surface area (Å²) in [6.07, 6.45) is 0.155. The van der Waals surface area contributed by atoms with E-state index in [9.17, 15) is 0 Å². The molecule has 0 saturated heterocycles. The molecule has 0 aliphatic carbocycles. The molecule has 0 N–H and O–H groups in total. The fraction of sp³-hybridized carbons (Fsp3) is 0.462. The summed E-state index contributed by atoms with van der Waals surface area (Å²) in [4.78, 5) is 4.57. The summed E-state index contributed by atoms with van der Waals surface area (Å²) in [6.45, 7) is 8.22. The van der Waals surface area contributed by atoms with Crippen LogP contribution < -0.4 is 0 Å². The molecule has 0 saturated carbocycles. The van der Waals surface area contributed by atoms with Crippen molar-refractivity contribution < 1.29 is 4.74 Å². The lowest BCUT2D eigenvalue weighted by Crippen LogP contribution is -2.07. The molecule has 2 nitrogen and oxygen atoms in total. The molecular weight excluding hydrogens is 250 g/mol. The van der Waals surface area contributed by atoms with Crippen LogP contribution in [0, 0.1) is 6.92 Å². The van der Waals surface area contributed by atoms with Crippen molar-refractivity contribution in [2.75, 3.05) is 5.75 Å². The molecule has 0 spiro atoms. The second kappa shape index (κ2) is 7.67. The van der Waals surface area contributed by atoms with Gasteiger partial charge in [-0.3, -0.25) is 0 Å². The van der Waals surface area contributed by atoms with Crippen molar-refractivity contribution in [3.63, 3.8) is 0 Å². The van der Waals surface area contributed by atoms with Crippen LogP contribution in [0.4, 0.5) is 5.69 Å².